The Balaban J connectivity index is 0.00000182. The normalized spacial score (nSPS) is 14.7. The van der Waals surface area contributed by atoms with E-state index in [1.54, 1.807) is 0 Å². The summed E-state index contributed by atoms with van der Waals surface area (Å²) in [4.78, 5) is 27.9. The Hall–Kier alpha value is -4.39. The van der Waals surface area contributed by atoms with Crippen molar-refractivity contribution in [2.45, 2.75) is 149 Å². The first kappa shape index (κ1) is 54.7. The van der Waals surface area contributed by atoms with E-state index in [4.69, 9.17) is 14.2 Å². The molecule has 63 heavy (non-hydrogen) atoms. The second-order valence-electron chi connectivity index (χ2n) is 21.2. The molecule has 0 radical (unpaired) electrons. The van der Waals surface area contributed by atoms with Gasteiger partial charge < -0.3 is 14.2 Å². The lowest BCUT2D eigenvalue weighted by molar-refractivity contribution is -0.659. The van der Waals surface area contributed by atoms with Crippen molar-refractivity contribution >= 4 is 11.9 Å². The van der Waals surface area contributed by atoms with E-state index < -0.39 is 16.2 Å². The molecule has 7 heteroatoms. The molecule has 1 heterocycles. The number of imidazole rings is 1. The summed E-state index contributed by atoms with van der Waals surface area (Å²) < 4.78 is 21.9. The molecule has 0 fully saturated rings. The monoisotopic (exact) mass is 868 g/mol. The van der Waals surface area contributed by atoms with Gasteiger partial charge in [0.2, 0.25) is 0 Å². The molecule has 0 N–H and O–H groups in total. The molecule has 3 aromatic carbocycles. The van der Waals surface area contributed by atoms with E-state index in [9.17, 15) is 9.59 Å². The van der Waals surface area contributed by atoms with Crippen LogP contribution in [0, 0.1) is 45.8 Å². The average Bonchev–Trinajstić information content (AvgIpc) is 3.62. The number of aryl methyl sites for hydroxylation is 2. The van der Waals surface area contributed by atoms with Crippen molar-refractivity contribution < 1.29 is 28.4 Å². The Bertz CT molecular complexity index is 1980. The van der Waals surface area contributed by atoms with Gasteiger partial charge in [0.1, 0.15) is 37.0 Å². The maximum absolute atomic E-state index is 14.5. The topological polar surface area (TPSA) is 70.6 Å². The van der Waals surface area contributed by atoms with Gasteiger partial charge in [0.05, 0.1) is 30.6 Å². The van der Waals surface area contributed by atoms with E-state index >= 15 is 0 Å². The van der Waals surface area contributed by atoms with Crippen LogP contribution in [0.2, 0.25) is 0 Å². The van der Waals surface area contributed by atoms with Gasteiger partial charge in [-0.15, -0.1) is 0 Å². The lowest BCUT2D eigenvalue weighted by Gasteiger charge is -2.47. The number of para-hydroxylation sites is 1. The number of ether oxygens (including phenoxy) is 3. The maximum Gasteiger partial charge on any atom is 0.312 e. The fraction of sp³-hybridized carbons (Fsp3) is 0.589. The first-order chi connectivity index (χ1) is 29.3. The Kier molecular flexibility index (Phi) is 20.4. The van der Waals surface area contributed by atoms with Gasteiger partial charge >= 0.3 is 11.9 Å². The van der Waals surface area contributed by atoms with Gasteiger partial charge in [0, 0.05) is 0 Å². The van der Waals surface area contributed by atoms with Crippen molar-refractivity contribution in [3.05, 3.63) is 102 Å². The number of carbonyl (C=O) groups excluding carboxylic acids is 2. The summed E-state index contributed by atoms with van der Waals surface area (Å²) in [5, 5.41) is 0. The predicted molar refractivity (Wildman–Crippen MR) is 263 cm³/mol. The highest BCUT2D eigenvalue weighted by Gasteiger charge is 2.52. The Morgan fingerprint density at radius 3 is 1.81 bits per heavy atom. The van der Waals surface area contributed by atoms with E-state index in [1.807, 2.05) is 46.9 Å². The highest BCUT2D eigenvalue weighted by molar-refractivity contribution is 5.79. The summed E-state index contributed by atoms with van der Waals surface area (Å²) in [5.41, 5.74) is 2.34. The molecular formula is C56H87N2O5+. The third-order valence-electron chi connectivity index (χ3n) is 13.3. The van der Waals surface area contributed by atoms with E-state index in [0.29, 0.717) is 18.6 Å². The van der Waals surface area contributed by atoms with Crippen LogP contribution in [0.15, 0.2) is 91.3 Å². The molecule has 0 saturated carbocycles. The minimum absolute atomic E-state index is 0.00923. The van der Waals surface area contributed by atoms with Crippen LogP contribution in [0.1, 0.15) is 154 Å². The highest BCUT2D eigenvalue weighted by Crippen LogP contribution is 2.53. The molecule has 7 nitrogen and oxygen atoms in total. The number of hydrogen-bond donors (Lipinski definition) is 0. The summed E-state index contributed by atoms with van der Waals surface area (Å²) in [7, 11) is 3.49. The minimum Gasteiger partial charge on any atom is -0.490 e. The van der Waals surface area contributed by atoms with Gasteiger partial charge in [-0.3, -0.25) is 9.59 Å². The van der Waals surface area contributed by atoms with E-state index in [0.717, 1.165) is 29.4 Å². The molecule has 1 aromatic heterocycles. The Morgan fingerprint density at radius 2 is 1.30 bits per heavy atom. The largest absolute Gasteiger partial charge is 0.490 e. The number of rotatable bonds is 17. The molecule has 0 saturated heterocycles. The zero-order chi connectivity index (χ0) is 48.0. The number of carbonyl (C=O) groups is 2. The van der Waals surface area contributed by atoms with E-state index in [-0.39, 0.29) is 47.8 Å². The van der Waals surface area contributed by atoms with Crippen molar-refractivity contribution in [1.29, 1.82) is 0 Å². The van der Waals surface area contributed by atoms with Gasteiger partial charge in [-0.25, -0.2) is 4.57 Å². The average molecular weight is 868 g/mol. The van der Waals surface area contributed by atoms with Crippen molar-refractivity contribution in [2.75, 3.05) is 20.3 Å². The van der Waals surface area contributed by atoms with Gasteiger partial charge in [-0.2, -0.15) is 4.57 Å². The molecule has 0 amide bonds. The minimum atomic E-state index is -0.896. The zero-order valence-electron chi connectivity index (χ0n) is 43.1. The summed E-state index contributed by atoms with van der Waals surface area (Å²) in [6.45, 7) is 36.8. The number of aromatic nitrogens is 2. The lowest BCUT2D eigenvalue weighted by Crippen LogP contribution is -2.47. The van der Waals surface area contributed by atoms with Crippen molar-refractivity contribution in [1.82, 2.24) is 4.57 Å². The second-order valence-corrected chi connectivity index (χ2v) is 21.2. The zero-order valence-corrected chi connectivity index (χ0v) is 43.1. The summed E-state index contributed by atoms with van der Waals surface area (Å²) in [6.07, 6.45) is 7.39. The third-order valence-corrected chi connectivity index (χ3v) is 13.3. The SMILES string of the molecule is CC.CCC(C)C.COC(=O)C(C)(CC(C)C(C)(CC(C)(C)CC(c1ccccc1)C(C)(C)C)C(=O)OCCOc1ccc(-c2n(-c3ccccc3C)cc[n+]2C)cc1)C(C)(C)C. The van der Waals surface area contributed by atoms with Crippen molar-refractivity contribution in [2.24, 2.45) is 46.0 Å². The molecule has 0 aliphatic carbocycles. The van der Waals surface area contributed by atoms with Gasteiger partial charge in [-0.1, -0.05) is 152 Å². The molecule has 0 bridgehead atoms. The van der Waals surface area contributed by atoms with Gasteiger partial charge in [0.25, 0.3) is 5.82 Å². The van der Waals surface area contributed by atoms with Crippen molar-refractivity contribution in [3.63, 3.8) is 0 Å². The number of hydrogen-bond acceptors (Lipinski definition) is 5. The van der Waals surface area contributed by atoms with Crippen LogP contribution in [-0.2, 0) is 26.1 Å². The number of esters is 2. The predicted octanol–water partition coefficient (Wildman–Crippen LogP) is 14.2. The molecule has 350 valence electrons. The first-order valence-corrected chi connectivity index (χ1v) is 23.5. The van der Waals surface area contributed by atoms with Crippen LogP contribution in [0.3, 0.4) is 0 Å². The van der Waals surface area contributed by atoms with E-state index in [2.05, 4.69) is 178 Å². The van der Waals surface area contributed by atoms with E-state index in [1.165, 1.54) is 24.7 Å². The summed E-state index contributed by atoms with van der Waals surface area (Å²) >= 11 is 0. The van der Waals surface area contributed by atoms with Crippen LogP contribution < -0.4 is 9.30 Å². The molecule has 0 spiro atoms. The highest BCUT2D eigenvalue weighted by atomic mass is 16.6. The maximum atomic E-state index is 14.5. The van der Waals surface area contributed by atoms with Crippen molar-refractivity contribution in [3.8, 4) is 22.8 Å². The fourth-order valence-corrected chi connectivity index (χ4v) is 8.44. The molecule has 0 aliphatic heterocycles. The second kappa shape index (κ2) is 23.5. The molecule has 0 aliphatic rings. The number of methoxy groups -OCH3 is 1. The molecule has 4 atom stereocenters. The molecule has 4 unspecified atom stereocenters. The van der Waals surface area contributed by atoms with Gasteiger partial charge in [-0.05, 0) is 115 Å². The number of nitrogens with zero attached hydrogens (tertiary/aromatic N) is 2. The molecular weight excluding hydrogens is 781 g/mol. The smallest absolute Gasteiger partial charge is 0.312 e. The number of benzene rings is 3. The Labute approximate surface area is 384 Å². The standard InChI is InChI=1S/C49H69N2O5.C5H12.C2H6/c1-35-20-18-19-23-41(35)51-29-28-50(13)42(51)38-24-26-39(27-25-38)55-30-31-56-43(52)48(11,36(2)32-49(12,44(53)54-14)46(6,7)8)34-47(9,10)33-40(45(3,4)5)37-21-16-15-17-22-37;1-4-5(2)3;1-2/h15-29,36,40H,30-34H2,1-14H3;5H,4H2,1-3H3;1-2H3/q+1;;. The van der Waals surface area contributed by atoms with Crippen LogP contribution in [0.4, 0.5) is 0 Å². The van der Waals surface area contributed by atoms with Crippen LogP contribution in [-0.4, -0.2) is 36.8 Å². The van der Waals surface area contributed by atoms with Crippen LogP contribution in [0.25, 0.3) is 17.1 Å². The lowest BCUT2D eigenvalue weighted by atomic mass is 9.57. The fourth-order valence-electron chi connectivity index (χ4n) is 8.44. The third kappa shape index (κ3) is 14.8. The summed E-state index contributed by atoms with van der Waals surface area (Å²) in [5.74, 6) is 2.19. The Morgan fingerprint density at radius 1 is 0.746 bits per heavy atom. The quantitative estimate of drug-likeness (QED) is 0.0601. The van der Waals surface area contributed by atoms with Gasteiger partial charge in [0.15, 0.2) is 0 Å². The molecule has 4 rings (SSSR count). The molecule has 4 aromatic rings. The first-order valence-electron chi connectivity index (χ1n) is 23.5. The summed E-state index contributed by atoms with van der Waals surface area (Å²) in [6, 6.07) is 27.1. The van der Waals surface area contributed by atoms with Crippen LogP contribution >= 0.6 is 0 Å². The van der Waals surface area contributed by atoms with Crippen LogP contribution in [0.5, 0.6) is 5.75 Å².